The van der Waals surface area contributed by atoms with Gasteiger partial charge in [0.1, 0.15) is 5.60 Å². The van der Waals surface area contributed by atoms with E-state index >= 15 is 0 Å². The van der Waals surface area contributed by atoms with Gasteiger partial charge in [-0.3, -0.25) is 4.79 Å². The van der Waals surface area contributed by atoms with Crippen molar-refractivity contribution in [1.29, 1.82) is 0 Å². The van der Waals surface area contributed by atoms with Crippen LogP contribution in [0.2, 0.25) is 0 Å². The topological polar surface area (TPSA) is 79.5 Å². The van der Waals surface area contributed by atoms with E-state index in [0.717, 1.165) is 0 Å². The van der Waals surface area contributed by atoms with Gasteiger partial charge in [0.05, 0.1) is 6.04 Å². The van der Waals surface area contributed by atoms with Crippen LogP contribution in [-0.2, 0) is 9.53 Å². The van der Waals surface area contributed by atoms with Crippen LogP contribution in [0.5, 0.6) is 0 Å². The lowest BCUT2D eigenvalue weighted by atomic mass is 9.95. The SMILES string of the molecule is CC(C)NC(=O)C(C)NCC(CNC(=O)OC(C)(C)C)C(C)C. The van der Waals surface area contributed by atoms with Gasteiger partial charge in [-0.05, 0) is 53.4 Å². The molecule has 0 bridgehead atoms. The minimum absolute atomic E-state index is 0.0115. The van der Waals surface area contributed by atoms with Crippen LogP contribution >= 0.6 is 0 Å². The molecule has 0 heterocycles. The van der Waals surface area contributed by atoms with Gasteiger partial charge in [0.2, 0.25) is 5.91 Å². The molecule has 0 aliphatic heterocycles. The van der Waals surface area contributed by atoms with Gasteiger partial charge in [0.15, 0.2) is 0 Å². The lowest BCUT2D eigenvalue weighted by Crippen LogP contribution is -2.47. The average molecular weight is 329 g/mol. The number of amides is 2. The highest BCUT2D eigenvalue weighted by atomic mass is 16.6. The van der Waals surface area contributed by atoms with E-state index < -0.39 is 11.7 Å². The van der Waals surface area contributed by atoms with Crippen molar-refractivity contribution in [3.63, 3.8) is 0 Å². The summed E-state index contributed by atoms with van der Waals surface area (Å²) >= 11 is 0. The Bertz CT molecular complexity index is 376. The predicted octanol–water partition coefficient (Wildman–Crippen LogP) is 2.29. The first-order chi connectivity index (χ1) is 10.4. The molecule has 0 aliphatic carbocycles. The largest absolute Gasteiger partial charge is 0.444 e. The van der Waals surface area contributed by atoms with Crippen LogP contribution in [0.25, 0.3) is 0 Å². The van der Waals surface area contributed by atoms with Crippen LogP contribution in [0.15, 0.2) is 0 Å². The summed E-state index contributed by atoms with van der Waals surface area (Å²) in [5.41, 5.74) is -0.501. The molecular weight excluding hydrogens is 294 g/mol. The zero-order valence-corrected chi connectivity index (χ0v) is 15.9. The Balaban J connectivity index is 4.32. The Morgan fingerprint density at radius 3 is 2.00 bits per heavy atom. The molecule has 2 amide bonds. The predicted molar refractivity (Wildman–Crippen MR) is 93.3 cm³/mol. The Morgan fingerprint density at radius 2 is 1.57 bits per heavy atom. The Morgan fingerprint density at radius 1 is 1.00 bits per heavy atom. The first-order valence-electron chi connectivity index (χ1n) is 8.43. The standard InChI is InChI=1S/C17H35N3O3/c1-11(2)14(10-19-16(22)23-17(6,7)8)9-18-13(5)15(21)20-12(3)4/h11-14,18H,9-10H2,1-8H3,(H,19,22)(H,20,21). The number of nitrogens with one attached hydrogen (secondary N) is 3. The molecule has 3 N–H and O–H groups in total. The molecule has 0 saturated carbocycles. The van der Waals surface area contributed by atoms with E-state index in [0.29, 0.717) is 19.0 Å². The maximum Gasteiger partial charge on any atom is 0.407 e. The first kappa shape index (κ1) is 21.7. The molecule has 0 aromatic rings. The van der Waals surface area contributed by atoms with Crippen molar-refractivity contribution in [2.75, 3.05) is 13.1 Å². The highest BCUT2D eigenvalue weighted by molar-refractivity contribution is 5.81. The van der Waals surface area contributed by atoms with Gasteiger partial charge in [-0.2, -0.15) is 0 Å². The molecule has 0 spiro atoms. The van der Waals surface area contributed by atoms with Crippen molar-refractivity contribution in [2.24, 2.45) is 11.8 Å². The van der Waals surface area contributed by atoms with E-state index in [2.05, 4.69) is 29.8 Å². The van der Waals surface area contributed by atoms with E-state index in [1.165, 1.54) is 0 Å². The van der Waals surface area contributed by atoms with E-state index in [1.807, 2.05) is 41.5 Å². The summed E-state index contributed by atoms with van der Waals surface area (Å²) in [6.07, 6.45) is -0.409. The summed E-state index contributed by atoms with van der Waals surface area (Å²) in [7, 11) is 0. The molecule has 6 nitrogen and oxygen atoms in total. The number of ether oxygens (including phenoxy) is 1. The fraction of sp³-hybridized carbons (Fsp3) is 0.882. The van der Waals surface area contributed by atoms with Gasteiger partial charge in [-0.25, -0.2) is 4.79 Å². The molecule has 0 aromatic carbocycles. The van der Waals surface area contributed by atoms with Crippen molar-refractivity contribution in [3.8, 4) is 0 Å². The van der Waals surface area contributed by atoms with Crippen LogP contribution in [0.3, 0.4) is 0 Å². The minimum Gasteiger partial charge on any atom is -0.444 e. The van der Waals surface area contributed by atoms with Gasteiger partial charge < -0.3 is 20.7 Å². The second-order valence-electron chi connectivity index (χ2n) is 7.68. The van der Waals surface area contributed by atoms with Crippen molar-refractivity contribution in [3.05, 3.63) is 0 Å². The third-order valence-electron chi connectivity index (χ3n) is 3.36. The number of carbonyl (C=O) groups excluding carboxylic acids is 2. The molecule has 0 radical (unpaired) electrons. The monoisotopic (exact) mass is 329 g/mol. The van der Waals surface area contributed by atoms with Gasteiger partial charge >= 0.3 is 6.09 Å². The molecule has 6 heteroatoms. The molecule has 0 aliphatic rings. The summed E-state index contributed by atoms with van der Waals surface area (Å²) in [5.74, 6) is 0.581. The van der Waals surface area contributed by atoms with Crippen molar-refractivity contribution in [1.82, 2.24) is 16.0 Å². The van der Waals surface area contributed by atoms with E-state index in [-0.39, 0.29) is 23.9 Å². The summed E-state index contributed by atoms with van der Waals surface area (Å²) in [6.45, 7) is 16.6. The number of carbonyl (C=O) groups is 2. The molecule has 0 rings (SSSR count). The first-order valence-corrected chi connectivity index (χ1v) is 8.43. The second-order valence-corrected chi connectivity index (χ2v) is 7.68. The Kier molecular flexibility index (Phi) is 9.20. The number of hydrogen-bond acceptors (Lipinski definition) is 4. The maximum atomic E-state index is 11.9. The zero-order valence-electron chi connectivity index (χ0n) is 15.9. The van der Waals surface area contributed by atoms with E-state index in [9.17, 15) is 9.59 Å². The third-order valence-corrected chi connectivity index (χ3v) is 3.36. The normalized spacial score (nSPS) is 14.5. The lowest BCUT2D eigenvalue weighted by molar-refractivity contribution is -0.123. The van der Waals surface area contributed by atoms with Gasteiger partial charge in [-0.1, -0.05) is 13.8 Å². The Hall–Kier alpha value is -1.30. The summed E-state index contributed by atoms with van der Waals surface area (Å²) in [6, 6.07) is -0.137. The van der Waals surface area contributed by atoms with Crippen LogP contribution in [-0.4, -0.2) is 42.8 Å². The van der Waals surface area contributed by atoms with Crippen molar-refractivity contribution >= 4 is 12.0 Å². The maximum absolute atomic E-state index is 11.9. The highest BCUT2D eigenvalue weighted by Crippen LogP contribution is 2.10. The van der Waals surface area contributed by atoms with Gasteiger partial charge in [0.25, 0.3) is 0 Å². The van der Waals surface area contributed by atoms with Crippen molar-refractivity contribution in [2.45, 2.75) is 73.1 Å². The second kappa shape index (κ2) is 9.75. The molecule has 23 heavy (non-hydrogen) atoms. The van der Waals surface area contributed by atoms with Crippen LogP contribution in [0, 0.1) is 11.8 Å². The smallest absolute Gasteiger partial charge is 0.407 e. The summed E-state index contributed by atoms with van der Waals surface area (Å²) in [5, 5.41) is 8.92. The molecule has 2 atom stereocenters. The molecule has 0 aromatic heterocycles. The highest BCUT2D eigenvalue weighted by Gasteiger charge is 2.21. The zero-order chi connectivity index (χ0) is 18.2. The fourth-order valence-electron chi connectivity index (χ4n) is 1.90. The van der Waals surface area contributed by atoms with Crippen LogP contribution in [0.1, 0.15) is 55.4 Å². The number of alkyl carbamates (subject to hydrolysis) is 1. The minimum atomic E-state index is -0.501. The van der Waals surface area contributed by atoms with Gasteiger partial charge in [0, 0.05) is 19.1 Å². The van der Waals surface area contributed by atoms with Gasteiger partial charge in [-0.15, -0.1) is 0 Å². The fourth-order valence-corrected chi connectivity index (χ4v) is 1.90. The summed E-state index contributed by atoms with van der Waals surface area (Å²) in [4.78, 5) is 23.6. The average Bonchev–Trinajstić information content (AvgIpc) is 2.34. The van der Waals surface area contributed by atoms with E-state index in [1.54, 1.807) is 0 Å². The quantitative estimate of drug-likeness (QED) is 0.638. The lowest BCUT2D eigenvalue weighted by Gasteiger charge is -2.25. The van der Waals surface area contributed by atoms with Crippen LogP contribution in [0.4, 0.5) is 4.79 Å². The van der Waals surface area contributed by atoms with Crippen molar-refractivity contribution < 1.29 is 14.3 Å². The molecule has 2 unspecified atom stereocenters. The summed E-state index contributed by atoms with van der Waals surface area (Å²) < 4.78 is 5.24. The Labute approximate surface area is 141 Å². The molecular formula is C17H35N3O3. The number of rotatable bonds is 8. The molecule has 0 saturated heterocycles. The number of hydrogen-bond donors (Lipinski definition) is 3. The van der Waals surface area contributed by atoms with Crippen LogP contribution < -0.4 is 16.0 Å². The van der Waals surface area contributed by atoms with E-state index in [4.69, 9.17) is 4.74 Å². The molecule has 136 valence electrons. The molecule has 0 fully saturated rings. The third kappa shape index (κ3) is 11.0.